The molecule has 0 unspecified atom stereocenters. The van der Waals surface area contributed by atoms with Gasteiger partial charge in [-0.3, -0.25) is 4.98 Å². The van der Waals surface area contributed by atoms with E-state index in [2.05, 4.69) is 60.4 Å². The van der Waals surface area contributed by atoms with Gasteiger partial charge in [0.25, 0.3) is 0 Å². The first-order chi connectivity index (χ1) is 9.16. The van der Waals surface area contributed by atoms with Gasteiger partial charge in [0.1, 0.15) is 0 Å². The maximum absolute atomic E-state index is 4.40. The summed E-state index contributed by atoms with van der Waals surface area (Å²) in [7, 11) is 2.16. The Kier molecular flexibility index (Phi) is 4.88. The SMILES string of the molecule is CC(C)NCCN(C)Cc1cccc2ncccc12. The van der Waals surface area contributed by atoms with Gasteiger partial charge in [-0.1, -0.05) is 32.0 Å². The molecule has 3 heteroatoms. The summed E-state index contributed by atoms with van der Waals surface area (Å²) in [5.41, 5.74) is 2.42. The van der Waals surface area contributed by atoms with Crippen molar-refractivity contribution in [2.45, 2.75) is 26.4 Å². The molecule has 0 aliphatic rings. The number of fused-ring (bicyclic) bond motifs is 1. The van der Waals surface area contributed by atoms with E-state index in [0.29, 0.717) is 6.04 Å². The van der Waals surface area contributed by atoms with Crippen LogP contribution in [-0.2, 0) is 6.54 Å². The molecule has 0 aliphatic carbocycles. The van der Waals surface area contributed by atoms with Crippen molar-refractivity contribution in [2.24, 2.45) is 0 Å². The number of rotatable bonds is 6. The molecular weight excluding hydrogens is 234 g/mol. The lowest BCUT2D eigenvalue weighted by Gasteiger charge is -2.19. The highest BCUT2D eigenvalue weighted by Gasteiger charge is 2.05. The summed E-state index contributed by atoms with van der Waals surface area (Å²) in [4.78, 5) is 6.75. The van der Waals surface area contributed by atoms with Gasteiger partial charge in [0.15, 0.2) is 0 Å². The van der Waals surface area contributed by atoms with Gasteiger partial charge >= 0.3 is 0 Å². The van der Waals surface area contributed by atoms with Gasteiger partial charge in [0.2, 0.25) is 0 Å². The van der Waals surface area contributed by atoms with Crippen molar-refractivity contribution in [3.63, 3.8) is 0 Å². The molecule has 1 heterocycles. The number of nitrogens with zero attached hydrogens (tertiary/aromatic N) is 2. The Balaban J connectivity index is 2.00. The smallest absolute Gasteiger partial charge is 0.0705 e. The first-order valence-corrected chi connectivity index (χ1v) is 6.91. The number of aromatic nitrogens is 1. The second-order valence-electron chi connectivity index (χ2n) is 5.33. The first kappa shape index (κ1) is 14.0. The largest absolute Gasteiger partial charge is 0.313 e. The maximum Gasteiger partial charge on any atom is 0.0705 e. The summed E-state index contributed by atoms with van der Waals surface area (Å²) in [5.74, 6) is 0. The third-order valence-electron chi connectivity index (χ3n) is 3.22. The molecule has 0 spiro atoms. The van der Waals surface area contributed by atoms with Crippen LogP contribution in [0.15, 0.2) is 36.5 Å². The highest BCUT2D eigenvalue weighted by molar-refractivity contribution is 5.81. The van der Waals surface area contributed by atoms with Crippen LogP contribution in [0.4, 0.5) is 0 Å². The third kappa shape index (κ3) is 4.01. The molecule has 0 saturated carbocycles. The van der Waals surface area contributed by atoms with E-state index in [1.165, 1.54) is 10.9 Å². The standard InChI is InChI=1S/C16H23N3/c1-13(2)17-10-11-19(3)12-14-6-4-8-16-15(14)7-5-9-18-16/h4-9,13,17H,10-12H2,1-3H3. The Morgan fingerprint density at radius 1 is 1.21 bits per heavy atom. The Morgan fingerprint density at radius 2 is 2.05 bits per heavy atom. The van der Waals surface area contributed by atoms with Crippen molar-refractivity contribution < 1.29 is 0 Å². The molecule has 19 heavy (non-hydrogen) atoms. The predicted molar refractivity (Wildman–Crippen MR) is 81.2 cm³/mol. The molecule has 2 rings (SSSR count). The van der Waals surface area contributed by atoms with Crippen molar-refractivity contribution in [1.29, 1.82) is 0 Å². The zero-order chi connectivity index (χ0) is 13.7. The van der Waals surface area contributed by atoms with E-state index >= 15 is 0 Å². The van der Waals surface area contributed by atoms with Gasteiger partial charge in [0, 0.05) is 37.3 Å². The molecule has 1 N–H and O–H groups in total. The number of hydrogen-bond acceptors (Lipinski definition) is 3. The van der Waals surface area contributed by atoms with Gasteiger partial charge in [0.05, 0.1) is 5.52 Å². The molecule has 3 nitrogen and oxygen atoms in total. The fraction of sp³-hybridized carbons (Fsp3) is 0.438. The maximum atomic E-state index is 4.40. The van der Waals surface area contributed by atoms with Gasteiger partial charge in [-0.05, 0) is 24.7 Å². The normalized spacial score (nSPS) is 11.6. The van der Waals surface area contributed by atoms with Gasteiger partial charge < -0.3 is 10.2 Å². The van der Waals surface area contributed by atoms with Crippen LogP contribution >= 0.6 is 0 Å². The molecule has 1 aromatic heterocycles. The first-order valence-electron chi connectivity index (χ1n) is 6.91. The number of benzene rings is 1. The Hall–Kier alpha value is -1.45. The molecule has 1 aromatic carbocycles. The molecule has 102 valence electrons. The van der Waals surface area contributed by atoms with E-state index in [9.17, 15) is 0 Å². The molecule has 0 radical (unpaired) electrons. The molecule has 0 saturated heterocycles. The summed E-state index contributed by atoms with van der Waals surface area (Å²) in [6.07, 6.45) is 1.85. The summed E-state index contributed by atoms with van der Waals surface area (Å²) >= 11 is 0. The lowest BCUT2D eigenvalue weighted by atomic mass is 10.1. The molecule has 0 amide bonds. The van der Waals surface area contributed by atoms with Crippen LogP contribution in [0.3, 0.4) is 0 Å². The Morgan fingerprint density at radius 3 is 2.84 bits per heavy atom. The van der Waals surface area contributed by atoms with E-state index in [-0.39, 0.29) is 0 Å². The lowest BCUT2D eigenvalue weighted by molar-refractivity contribution is 0.321. The minimum absolute atomic E-state index is 0.551. The van der Waals surface area contributed by atoms with Crippen molar-refractivity contribution >= 4 is 10.9 Å². The highest BCUT2D eigenvalue weighted by atomic mass is 15.1. The van der Waals surface area contributed by atoms with Crippen molar-refractivity contribution in [1.82, 2.24) is 15.2 Å². The van der Waals surface area contributed by atoms with Crippen molar-refractivity contribution in [3.8, 4) is 0 Å². The minimum atomic E-state index is 0.551. The summed E-state index contributed by atoms with van der Waals surface area (Å²) in [6.45, 7) is 7.39. The monoisotopic (exact) mass is 257 g/mol. The van der Waals surface area contributed by atoms with E-state index in [1.54, 1.807) is 0 Å². The highest BCUT2D eigenvalue weighted by Crippen LogP contribution is 2.17. The van der Waals surface area contributed by atoms with Crippen LogP contribution in [0.2, 0.25) is 0 Å². The summed E-state index contributed by atoms with van der Waals surface area (Å²) in [5, 5.41) is 4.70. The predicted octanol–water partition coefficient (Wildman–Crippen LogP) is 2.66. The van der Waals surface area contributed by atoms with E-state index in [0.717, 1.165) is 25.2 Å². The molecule has 0 aliphatic heterocycles. The number of pyridine rings is 1. The number of nitrogens with one attached hydrogen (secondary N) is 1. The quantitative estimate of drug-likeness (QED) is 0.862. The van der Waals surface area contributed by atoms with Crippen molar-refractivity contribution in [2.75, 3.05) is 20.1 Å². The van der Waals surface area contributed by atoms with E-state index < -0.39 is 0 Å². The van der Waals surface area contributed by atoms with Gasteiger partial charge in [-0.15, -0.1) is 0 Å². The second kappa shape index (κ2) is 6.64. The summed E-state index contributed by atoms with van der Waals surface area (Å²) < 4.78 is 0. The van der Waals surface area contributed by atoms with Crippen LogP contribution in [-0.4, -0.2) is 36.1 Å². The number of likely N-dealkylation sites (N-methyl/N-ethyl adjacent to an activating group) is 1. The lowest BCUT2D eigenvalue weighted by Crippen LogP contribution is -2.32. The third-order valence-corrected chi connectivity index (χ3v) is 3.22. The molecule has 0 bridgehead atoms. The molecule has 0 atom stereocenters. The molecular formula is C16H23N3. The summed E-state index contributed by atoms with van der Waals surface area (Å²) in [6, 6.07) is 11.1. The van der Waals surface area contributed by atoms with Crippen molar-refractivity contribution in [3.05, 3.63) is 42.1 Å². The topological polar surface area (TPSA) is 28.2 Å². The van der Waals surface area contributed by atoms with Gasteiger partial charge in [-0.25, -0.2) is 0 Å². The van der Waals surface area contributed by atoms with Crippen LogP contribution in [0.1, 0.15) is 19.4 Å². The number of hydrogen-bond donors (Lipinski definition) is 1. The Labute approximate surface area is 115 Å². The van der Waals surface area contributed by atoms with E-state index in [4.69, 9.17) is 0 Å². The minimum Gasteiger partial charge on any atom is -0.313 e. The fourth-order valence-electron chi connectivity index (χ4n) is 2.22. The van der Waals surface area contributed by atoms with Crippen LogP contribution in [0.25, 0.3) is 10.9 Å². The second-order valence-corrected chi connectivity index (χ2v) is 5.33. The van der Waals surface area contributed by atoms with Crippen LogP contribution < -0.4 is 5.32 Å². The zero-order valence-electron chi connectivity index (χ0n) is 12.1. The van der Waals surface area contributed by atoms with E-state index in [1.807, 2.05) is 12.3 Å². The Bertz CT molecular complexity index is 517. The molecule has 2 aromatic rings. The van der Waals surface area contributed by atoms with Crippen LogP contribution in [0.5, 0.6) is 0 Å². The fourth-order valence-corrected chi connectivity index (χ4v) is 2.22. The average molecular weight is 257 g/mol. The van der Waals surface area contributed by atoms with Crippen LogP contribution in [0, 0.1) is 0 Å². The van der Waals surface area contributed by atoms with Gasteiger partial charge in [-0.2, -0.15) is 0 Å². The molecule has 0 fully saturated rings. The average Bonchev–Trinajstić information content (AvgIpc) is 2.39. The zero-order valence-corrected chi connectivity index (χ0v) is 12.1.